The van der Waals surface area contributed by atoms with E-state index in [0.29, 0.717) is 19.6 Å². The number of hydrogen-bond donors (Lipinski definition) is 0. The van der Waals surface area contributed by atoms with Gasteiger partial charge in [-0.3, -0.25) is 0 Å². The first-order valence-electron chi connectivity index (χ1n) is 3.61. The largest absolute Gasteiger partial charge is 0.465 e. The first kappa shape index (κ1) is 8.49. The number of carbonyl (C=O) groups excluding carboxylic acids is 1. The molecule has 0 aliphatic carbocycles. The van der Waals surface area contributed by atoms with Crippen LogP contribution in [-0.4, -0.2) is 32.1 Å². The summed E-state index contributed by atoms with van der Waals surface area (Å²) in [5, 5.41) is 0. The molecular weight excluding hydrogens is 148 g/mol. The second kappa shape index (κ2) is 3.19. The Labute approximate surface area is 65.4 Å². The van der Waals surface area contributed by atoms with Crippen LogP contribution in [0.25, 0.3) is 0 Å². The lowest BCUT2D eigenvalue weighted by atomic mass is 10.2. The zero-order valence-corrected chi connectivity index (χ0v) is 6.75. The number of methoxy groups -OCH3 is 1. The molecule has 0 N–H and O–H groups in total. The zero-order valence-electron chi connectivity index (χ0n) is 6.75. The molecule has 0 unspecified atom stereocenters. The molecule has 0 aromatic rings. The van der Waals surface area contributed by atoms with Crippen molar-refractivity contribution in [3.05, 3.63) is 0 Å². The Morgan fingerprint density at radius 3 is 2.45 bits per heavy atom. The molecule has 0 aromatic heterocycles. The van der Waals surface area contributed by atoms with Crippen LogP contribution in [0.15, 0.2) is 0 Å². The molecule has 0 bridgehead atoms. The molecular formula is C7H12O4. The van der Waals surface area contributed by atoms with Gasteiger partial charge in [-0.2, -0.15) is 0 Å². The normalized spacial score (nSPS) is 21.6. The van der Waals surface area contributed by atoms with E-state index in [4.69, 9.17) is 9.47 Å². The highest BCUT2D eigenvalue weighted by Crippen LogP contribution is 2.24. The monoisotopic (exact) mass is 160 g/mol. The van der Waals surface area contributed by atoms with Crippen molar-refractivity contribution in [2.45, 2.75) is 19.1 Å². The number of esters is 1. The molecule has 1 rings (SSSR count). The van der Waals surface area contributed by atoms with Crippen molar-refractivity contribution in [1.82, 2.24) is 0 Å². The molecule has 0 radical (unpaired) electrons. The van der Waals surface area contributed by atoms with Gasteiger partial charge in [-0.25, -0.2) is 4.79 Å². The summed E-state index contributed by atoms with van der Waals surface area (Å²) in [5.74, 6) is -1.56. The average molecular weight is 160 g/mol. The third-order valence-corrected chi connectivity index (χ3v) is 1.72. The fourth-order valence-corrected chi connectivity index (χ4v) is 1.08. The van der Waals surface area contributed by atoms with E-state index < -0.39 is 11.8 Å². The molecule has 1 aliphatic heterocycles. The van der Waals surface area contributed by atoms with Crippen LogP contribution in [0.3, 0.4) is 0 Å². The Kier molecular flexibility index (Phi) is 2.46. The summed E-state index contributed by atoms with van der Waals surface area (Å²) < 4.78 is 14.8. The van der Waals surface area contributed by atoms with E-state index in [9.17, 15) is 4.79 Å². The molecule has 11 heavy (non-hydrogen) atoms. The van der Waals surface area contributed by atoms with Gasteiger partial charge < -0.3 is 14.2 Å². The van der Waals surface area contributed by atoms with Crippen LogP contribution in [0.1, 0.15) is 13.3 Å². The lowest BCUT2D eigenvalue weighted by molar-refractivity contribution is -0.205. The predicted molar refractivity (Wildman–Crippen MR) is 36.9 cm³/mol. The van der Waals surface area contributed by atoms with Crippen LogP contribution >= 0.6 is 0 Å². The third-order valence-electron chi connectivity index (χ3n) is 1.72. The van der Waals surface area contributed by atoms with Crippen molar-refractivity contribution in [2.24, 2.45) is 0 Å². The van der Waals surface area contributed by atoms with E-state index >= 15 is 0 Å². The first-order valence-corrected chi connectivity index (χ1v) is 3.61. The van der Waals surface area contributed by atoms with Gasteiger partial charge in [0, 0.05) is 6.42 Å². The Balaban J connectivity index is 2.66. The second-order valence-electron chi connectivity index (χ2n) is 2.29. The van der Waals surface area contributed by atoms with Gasteiger partial charge in [0.1, 0.15) is 0 Å². The van der Waals surface area contributed by atoms with Crippen LogP contribution in [0.5, 0.6) is 0 Å². The molecule has 64 valence electrons. The quantitative estimate of drug-likeness (QED) is 0.545. The van der Waals surface area contributed by atoms with E-state index in [0.717, 1.165) is 0 Å². The maximum Gasteiger partial charge on any atom is 0.366 e. The van der Waals surface area contributed by atoms with Crippen LogP contribution in [0.2, 0.25) is 0 Å². The number of ether oxygens (including phenoxy) is 3. The first-order chi connectivity index (χ1) is 5.25. The van der Waals surface area contributed by atoms with Gasteiger partial charge in [0.05, 0.1) is 20.3 Å². The molecule has 0 aromatic carbocycles. The maximum absolute atomic E-state index is 11.1. The number of carbonyl (C=O) groups is 1. The fourth-order valence-electron chi connectivity index (χ4n) is 1.08. The zero-order chi connectivity index (χ0) is 8.32. The molecule has 0 spiro atoms. The predicted octanol–water partition coefficient (Wildman–Crippen LogP) is 0.312. The fraction of sp³-hybridized carbons (Fsp3) is 0.857. The van der Waals surface area contributed by atoms with Crippen LogP contribution in [0.4, 0.5) is 0 Å². The SMILES string of the molecule is CCC1(C(=O)OC)OCCO1. The minimum atomic E-state index is -1.12. The van der Waals surface area contributed by atoms with Gasteiger partial charge in [-0.15, -0.1) is 0 Å². The molecule has 0 atom stereocenters. The summed E-state index contributed by atoms with van der Waals surface area (Å²) in [6.07, 6.45) is 0.486. The summed E-state index contributed by atoms with van der Waals surface area (Å²) >= 11 is 0. The summed E-state index contributed by atoms with van der Waals surface area (Å²) in [5.41, 5.74) is 0. The maximum atomic E-state index is 11.1. The van der Waals surface area contributed by atoms with Gasteiger partial charge >= 0.3 is 5.97 Å². The van der Waals surface area contributed by atoms with Crippen molar-refractivity contribution in [3.8, 4) is 0 Å². The highest BCUT2D eigenvalue weighted by Gasteiger charge is 2.43. The van der Waals surface area contributed by atoms with Gasteiger partial charge in [-0.05, 0) is 0 Å². The van der Waals surface area contributed by atoms with Crippen molar-refractivity contribution < 1.29 is 19.0 Å². The van der Waals surface area contributed by atoms with E-state index in [1.54, 1.807) is 0 Å². The van der Waals surface area contributed by atoms with E-state index in [1.807, 2.05) is 6.92 Å². The summed E-state index contributed by atoms with van der Waals surface area (Å²) in [6, 6.07) is 0. The molecule has 1 saturated heterocycles. The smallest absolute Gasteiger partial charge is 0.366 e. The number of rotatable bonds is 2. The Morgan fingerprint density at radius 2 is 2.09 bits per heavy atom. The highest BCUT2D eigenvalue weighted by molar-refractivity contribution is 5.77. The number of hydrogen-bond acceptors (Lipinski definition) is 4. The minimum absolute atomic E-state index is 0.447. The molecule has 0 amide bonds. The summed E-state index contributed by atoms with van der Waals surface area (Å²) in [7, 11) is 1.32. The average Bonchev–Trinajstić information content (AvgIpc) is 2.52. The van der Waals surface area contributed by atoms with Crippen molar-refractivity contribution in [1.29, 1.82) is 0 Å². The van der Waals surface area contributed by atoms with E-state index in [2.05, 4.69) is 4.74 Å². The molecule has 1 fully saturated rings. The van der Waals surface area contributed by atoms with Crippen LogP contribution < -0.4 is 0 Å². The Bertz CT molecular complexity index is 149. The third kappa shape index (κ3) is 1.36. The van der Waals surface area contributed by atoms with E-state index in [1.165, 1.54) is 7.11 Å². The van der Waals surface area contributed by atoms with Crippen LogP contribution in [-0.2, 0) is 19.0 Å². The van der Waals surface area contributed by atoms with E-state index in [-0.39, 0.29) is 0 Å². The minimum Gasteiger partial charge on any atom is -0.465 e. The standard InChI is InChI=1S/C7H12O4/c1-3-7(6(8)9-2)10-4-5-11-7/h3-5H2,1-2H3. The Morgan fingerprint density at radius 1 is 1.55 bits per heavy atom. The van der Waals surface area contributed by atoms with Gasteiger partial charge in [0.15, 0.2) is 0 Å². The molecule has 4 heteroatoms. The lowest BCUT2D eigenvalue weighted by Crippen LogP contribution is -2.40. The molecule has 4 nitrogen and oxygen atoms in total. The summed E-state index contributed by atoms with van der Waals surface area (Å²) in [4.78, 5) is 11.1. The lowest BCUT2D eigenvalue weighted by Gasteiger charge is -2.21. The van der Waals surface area contributed by atoms with Gasteiger partial charge in [0.25, 0.3) is 5.79 Å². The van der Waals surface area contributed by atoms with Crippen molar-refractivity contribution in [3.63, 3.8) is 0 Å². The molecule has 0 saturated carbocycles. The Hall–Kier alpha value is -0.610. The highest BCUT2D eigenvalue weighted by atomic mass is 16.8. The summed E-state index contributed by atoms with van der Waals surface area (Å²) in [6.45, 7) is 2.74. The molecule has 1 aliphatic rings. The van der Waals surface area contributed by atoms with Crippen molar-refractivity contribution in [2.75, 3.05) is 20.3 Å². The molecule has 1 heterocycles. The van der Waals surface area contributed by atoms with Gasteiger partial charge in [-0.1, -0.05) is 6.92 Å². The van der Waals surface area contributed by atoms with Crippen LogP contribution in [0, 0.1) is 0 Å². The second-order valence-corrected chi connectivity index (χ2v) is 2.29. The van der Waals surface area contributed by atoms with Crippen molar-refractivity contribution >= 4 is 5.97 Å². The topological polar surface area (TPSA) is 44.8 Å². The van der Waals surface area contributed by atoms with Gasteiger partial charge in [0.2, 0.25) is 0 Å².